The molecule has 0 saturated carbocycles. The zero-order valence-electron chi connectivity index (χ0n) is 5.04. The Bertz CT molecular complexity index is 240. The lowest BCUT2D eigenvalue weighted by Crippen LogP contribution is -2.06. The molecule has 0 aliphatic carbocycles. The summed E-state index contributed by atoms with van der Waals surface area (Å²) in [7, 11) is 0. The molecular formula is C8H7N. The van der Waals surface area contributed by atoms with Crippen LogP contribution in [0.5, 0.6) is 0 Å². The highest BCUT2D eigenvalue weighted by atomic mass is 15.4. The monoisotopic (exact) mass is 117 g/mol. The van der Waals surface area contributed by atoms with Gasteiger partial charge in [-0.3, -0.25) is 0 Å². The molecule has 0 amide bonds. The number of rotatable bonds is 0. The molecule has 0 spiro atoms. The molecule has 1 fully saturated rings. The second-order valence-corrected chi connectivity index (χ2v) is 2.73. The van der Waals surface area contributed by atoms with Crippen LogP contribution in [0, 0.1) is 0 Å². The van der Waals surface area contributed by atoms with Crippen LogP contribution in [0.2, 0.25) is 0 Å². The third-order valence-electron chi connectivity index (χ3n) is 2.22. The Balaban J connectivity index is 2.31. The Labute approximate surface area is 53.9 Å². The van der Waals surface area contributed by atoms with E-state index in [4.69, 9.17) is 0 Å². The fourth-order valence-corrected chi connectivity index (χ4v) is 1.64. The Morgan fingerprint density at radius 3 is 3.11 bits per heavy atom. The zero-order valence-corrected chi connectivity index (χ0v) is 5.04. The third-order valence-corrected chi connectivity index (χ3v) is 2.22. The molecule has 9 heavy (non-hydrogen) atoms. The summed E-state index contributed by atoms with van der Waals surface area (Å²) in [5, 5.41) is 0. The van der Waals surface area contributed by atoms with Gasteiger partial charge >= 0.3 is 0 Å². The van der Waals surface area contributed by atoms with Crippen molar-refractivity contribution in [1.29, 1.82) is 0 Å². The quantitative estimate of drug-likeness (QED) is 0.466. The number of hydrogen-bond donors (Lipinski definition) is 0. The highest BCUT2D eigenvalue weighted by molar-refractivity contribution is 5.73. The predicted molar refractivity (Wildman–Crippen MR) is 36.5 cm³/mol. The normalized spacial score (nSPS) is 26.2. The molecule has 1 saturated heterocycles. The second kappa shape index (κ2) is 0.991. The van der Waals surface area contributed by atoms with E-state index in [9.17, 15) is 0 Å². The van der Waals surface area contributed by atoms with Crippen LogP contribution in [0.4, 0.5) is 5.69 Å². The van der Waals surface area contributed by atoms with Crippen LogP contribution >= 0.6 is 0 Å². The van der Waals surface area contributed by atoms with Crippen molar-refractivity contribution in [3.8, 4) is 0 Å². The molecule has 2 heterocycles. The molecule has 1 atom stereocenters. The fraction of sp³-hybridized carbons (Fsp3) is 0.250. The molecule has 0 aromatic heterocycles. The molecule has 1 heteroatoms. The Morgan fingerprint density at radius 2 is 2.22 bits per heavy atom. The molecule has 0 radical (unpaired) electrons. The number of anilines is 1. The van der Waals surface area contributed by atoms with E-state index in [-0.39, 0.29) is 0 Å². The Morgan fingerprint density at radius 1 is 1.33 bits per heavy atom. The molecule has 44 valence electrons. The van der Waals surface area contributed by atoms with Crippen LogP contribution in [0.15, 0.2) is 24.3 Å². The van der Waals surface area contributed by atoms with Crippen molar-refractivity contribution in [3.05, 3.63) is 29.8 Å². The molecule has 1 nitrogen and oxygen atoms in total. The summed E-state index contributed by atoms with van der Waals surface area (Å²) in [5.41, 5.74) is 3.01. The number of nitrogens with zero attached hydrogens (tertiary/aromatic N) is 1. The number of hydrogen-bond acceptors (Lipinski definition) is 1. The van der Waals surface area contributed by atoms with E-state index in [1.165, 1.54) is 12.2 Å². The standard InChI is InChI=1S/C8H7N/c1-2-4-7-6(3-1)8-5-9(7)8/h1-4,8H,5H2. The lowest BCUT2D eigenvalue weighted by atomic mass is 10.1. The Kier molecular flexibility index (Phi) is 0.434. The number of benzene rings is 1. The second-order valence-electron chi connectivity index (χ2n) is 2.73. The van der Waals surface area contributed by atoms with Gasteiger partial charge in [0.05, 0.1) is 6.04 Å². The van der Waals surface area contributed by atoms with Crippen molar-refractivity contribution in [2.24, 2.45) is 0 Å². The van der Waals surface area contributed by atoms with E-state index in [1.54, 1.807) is 5.56 Å². The van der Waals surface area contributed by atoms with E-state index in [1.807, 2.05) is 0 Å². The van der Waals surface area contributed by atoms with Crippen molar-refractivity contribution < 1.29 is 0 Å². The predicted octanol–water partition coefficient (Wildman–Crippen LogP) is 1.56. The van der Waals surface area contributed by atoms with Crippen LogP contribution in [-0.2, 0) is 0 Å². The van der Waals surface area contributed by atoms with Gasteiger partial charge in [0.2, 0.25) is 0 Å². The molecule has 2 aliphatic rings. The fourth-order valence-electron chi connectivity index (χ4n) is 1.64. The van der Waals surface area contributed by atoms with Crippen molar-refractivity contribution in [2.75, 3.05) is 11.4 Å². The number of fused-ring (bicyclic) bond motifs is 4. The van der Waals surface area contributed by atoms with E-state index >= 15 is 0 Å². The molecule has 0 N–H and O–H groups in total. The number of para-hydroxylation sites is 1. The van der Waals surface area contributed by atoms with Gasteiger partial charge in [0, 0.05) is 12.2 Å². The van der Waals surface area contributed by atoms with Crippen LogP contribution in [-0.4, -0.2) is 6.54 Å². The van der Waals surface area contributed by atoms with Gasteiger partial charge in [0.25, 0.3) is 0 Å². The average molecular weight is 117 g/mol. The van der Waals surface area contributed by atoms with Crippen LogP contribution < -0.4 is 4.90 Å². The van der Waals surface area contributed by atoms with Gasteiger partial charge in [-0.05, 0) is 11.6 Å². The first-order chi connectivity index (χ1) is 4.47. The lowest BCUT2D eigenvalue weighted by molar-refractivity contribution is 1.03. The maximum absolute atomic E-state index is 2.41. The minimum Gasteiger partial charge on any atom is -0.360 e. The molecule has 2 aliphatic heterocycles. The highest BCUT2D eigenvalue weighted by Crippen LogP contribution is 2.53. The van der Waals surface area contributed by atoms with E-state index in [0.717, 1.165) is 6.04 Å². The van der Waals surface area contributed by atoms with Crippen molar-refractivity contribution in [3.63, 3.8) is 0 Å². The highest BCUT2D eigenvalue weighted by Gasteiger charge is 2.46. The van der Waals surface area contributed by atoms with E-state index in [2.05, 4.69) is 29.2 Å². The van der Waals surface area contributed by atoms with Gasteiger partial charge in [0.15, 0.2) is 0 Å². The first-order valence-corrected chi connectivity index (χ1v) is 3.32. The summed E-state index contributed by atoms with van der Waals surface area (Å²) in [6.45, 7) is 1.28. The average Bonchev–Trinajstić information content (AvgIpc) is 2.58. The minimum absolute atomic E-state index is 0.821. The maximum Gasteiger partial charge on any atom is 0.0739 e. The molecule has 1 aromatic carbocycles. The molecule has 3 rings (SSSR count). The first kappa shape index (κ1) is 3.94. The van der Waals surface area contributed by atoms with Crippen molar-refractivity contribution in [2.45, 2.75) is 6.04 Å². The lowest BCUT2D eigenvalue weighted by Gasteiger charge is -2.18. The van der Waals surface area contributed by atoms with E-state index < -0.39 is 0 Å². The third kappa shape index (κ3) is 0.307. The van der Waals surface area contributed by atoms with Gasteiger partial charge in [-0.25, -0.2) is 0 Å². The smallest absolute Gasteiger partial charge is 0.0739 e. The molecule has 1 aromatic rings. The van der Waals surface area contributed by atoms with Crippen molar-refractivity contribution in [1.82, 2.24) is 0 Å². The molecule has 1 unspecified atom stereocenters. The van der Waals surface area contributed by atoms with Crippen LogP contribution in [0.1, 0.15) is 11.6 Å². The largest absolute Gasteiger partial charge is 0.360 e. The van der Waals surface area contributed by atoms with Gasteiger partial charge in [0.1, 0.15) is 0 Å². The van der Waals surface area contributed by atoms with E-state index in [0.29, 0.717) is 0 Å². The minimum atomic E-state index is 0.821. The molecule has 0 bridgehead atoms. The van der Waals surface area contributed by atoms with Gasteiger partial charge in [-0.2, -0.15) is 0 Å². The maximum atomic E-state index is 2.41. The zero-order chi connectivity index (χ0) is 5.84. The van der Waals surface area contributed by atoms with Crippen molar-refractivity contribution >= 4 is 5.69 Å². The first-order valence-electron chi connectivity index (χ1n) is 3.32. The van der Waals surface area contributed by atoms with Gasteiger partial charge < -0.3 is 4.90 Å². The Hall–Kier alpha value is -0.980. The van der Waals surface area contributed by atoms with Gasteiger partial charge in [-0.1, -0.05) is 18.2 Å². The van der Waals surface area contributed by atoms with Crippen LogP contribution in [0.3, 0.4) is 0 Å². The summed E-state index contributed by atoms with van der Waals surface area (Å²) in [5.74, 6) is 0. The summed E-state index contributed by atoms with van der Waals surface area (Å²) >= 11 is 0. The summed E-state index contributed by atoms with van der Waals surface area (Å²) in [6, 6.07) is 9.46. The summed E-state index contributed by atoms with van der Waals surface area (Å²) < 4.78 is 0. The summed E-state index contributed by atoms with van der Waals surface area (Å²) in [4.78, 5) is 2.41. The summed E-state index contributed by atoms with van der Waals surface area (Å²) in [6.07, 6.45) is 0. The topological polar surface area (TPSA) is 3.01 Å². The van der Waals surface area contributed by atoms with Crippen LogP contribution in [0.25, 0.3) is 0 Å². The molecular weight excluding hydrogens is 110 g/mol. The SMILES string of the molecule is c1ccc2c(c1)C1CN21. The van der Waals surface area contributed by atoms with Gasteiger partial charge in [-0.15, -0.1) is 0 Å².